The van der Waals surface area contributed by atoms with Gasteiger partial charge in [-0.25, -0.2) is 0 Å². The molecular weight excluding hydrogens is 194 g/mol. The number of benzene rings is 1. The summed E-state index contributed by atoms with van der Waals surface area (Å²) in [7, 11) is 0. The molecule has 76 valence electrons. The van der Waals surface area contributed by atoms with E-state index in [2.05, 4.69) is 5.32 Å². The Labute approximate surface area is 88.7 Å². The van der Waals surface area contributed by atoms with Crippen molar-refractivity contribution in [1.82, 2.24) is 5.32 Å². The van der Waals surface area contributed by atoms with Crippen LogP contribution in [0.15, 0.2) is 29.2 Å². The number of nitrogens with one attached hydrogen (secondary N) is 1. The normalized spacial score (nSPS) is 21.3. The van der Waals surface area contributed by atoms with Crippen LogP contribution in [-0.2, 0) is 0 Å². The zero-order valence-corrected chi connectivity index (χ0v) is 8.89. The molecule has 1 aromatic carbocycles. The third kappa shape index (κ3) is 2.66. The second-order valence-corrected chi connectivity index (χ2v) is 4.76. The molecule has 1 aliphatic heterocycles. The highest BCUT2D eigenvalue weighted by Gasteiger charge is 2.14. The zero-order chi connectivity index (χ0) is 9.80. The van der Waals surface area contributed by atoms with Gasteiger partial charge in [0, 0.05) is 10.6 Å². The molecule has 0 amide bonds. The molecule has 1 aromatic rings. The van der Waals surface area contributed by atoms with Crippen molar-refractivity contribution in [2.75, 3.05) is 18.8 Å². The quantitative estimate of drug-likeness (QED) is 0.748. The molecule has 14 heavy (non-hydrogen) atoms. The van der Waals surface area contributed by atoms with Gasteiger partial charge in [0.1, 0.15) is 5.75 Å². The molecule has 1 unspecified atom stereocenters. The molecular formula is C11H15NOS. The third-order valence-electron chi connectivity index (χ3n) is 2.48. The number of aromatic hydroxyl groups is 1. The Balaban J connectivity index is 1.82. The van der Waals surface area contributed by atoms with Crippen LogP contribution in [-0.4, -0.2) is 23.9 Å². The molecule has 0 radical (unpaired) electrons. The number of hydrogen-bond donors (Lipinski definition) is 2. The van der Waals surface area contributed by atoms with Gasteiger partial charge in [-0.15, -0.1) is 11.8 Å². The lowest BCUT2D eigenvalue weighted by atomic mass is 10.2. The van der Waals surface area contributed by atoms with Gasteiger partial charge in [0.2, 0.25) is 0 Å². The number of phenols is 1. The fraction of sp³-hybridized carbons (Fsp3) is 0.455. The van der Waals surface area contributed by atoms with E-state index >= 15 is 0 Å². The molecule has 1 aliphatic rings. The summed E-state index contributed by atoms with van der Waals surface area (Å²) < 4.78 is 0. The van der Waals surface area contributed by atoms with Crippen LogP contribution in [0.2, 0.25) is 0 Å². The van der Waals surface area contributed by atoms with E-state index in [4.69, 9.17) is 5.11 Å². The number of rotatable bonds is 3. The van der Waals surface area contributed by atoms with Crippen molar-refractivity contribution in [3.8, 4) is 5.75 Å². The largest absolute Gasteiger partial charge is 0.508 e. The Morgan fingerprint density at radius 3 is 2.79 bits per heavy atom. The molecule has 1 fully saturated rings. The zero-order valence-electron chi connectivity index (χ0n) is 8.07. The van der Waals surface area contributed by atoms with E-state index < -0.39 is 0 Å². The molecule has 0 aliphatic carbocycles. The third-order valence-corrected chi connectivity index (χ3v) is 3.73. The summed E-state index contributed by atoms with van der Waals surface area (Å²) in [5.41, 5.74) is 0. The van der Waals surface area contributed by atoms with Crippen molar-refractivity contribution in [3.63, 3.8) is 0 Å². The summed E-state index contributed by atoms with van der Waals surface area (Å²) >= 11 is 1.88. The molecule has 0 saturated carbocycles. The fourth-order valence-electron chi connectivity index (χ4n) is 1.61. The minimum Gasteiger partial charge on any atom is -0.508 e. The van der Waals surface area contributed by atoms with E-state index in [1.165, 1.54) is 23.6 Å². The molecule has 0 bridgehead atoms. The molecule has 3 heteroatoms. The number of hydrogen-bond acceptors (Lipinski definition) is 3. The lowest BCUT2D eigenvalue weighted by Crippen LogP contribution is -2.10. The van der Waals surface area contributed by atoms with Crippen LogP contribution in [0.25, 0.3) is 0 Å². The van der Waals surface area contributed by atoms with Gasteiger partial charge in [-0.05, 0) is 49.7 Å². The van der Waals surface area contributed by atoms with Crippen LogP contribution in [0.4, 0.5) is 0 Å². The highest BCUT2D eigenvalue weighted by atomic mass is 32.2. The van der Waals surface area contributed by atoms with Gasteiger partial charge in [0.25, 0.3) is 0 Å². The minimum atomic E-state index is 0.344. The standard InChI is InChI=1S/C11H15NOS/c13-10-1-3-11(4-2-10)14-8-9-5-6-12-7-9/h1-4,9,12-13H,5-8H2. The second kappa shape index (κ2) is 4.71. The van der Waals surface area contributed by atoms with Crippen LogP contribution in [0.3, 0.4) is 0 Å². The van der Waals surface area contributed by atoms with Gasteiger partial charge >= 0.3 is 0 Å². The van der Waals surface area contributed by atoms with E-state index in [0.717, 1.165) is 12.5 Å². The van der Waals surface area contributed by atoms with Crippen molar-refractivity contribution in [1.29, 1.82) is 0 Å². The summed E-state index contributed by atoms with van der Waals surface area (Å²) in [5.74, 6) is 2.34. The summed E-state index contributed by atoms with van der Waals surface area (Å²) in [5, 5.41) is 12.5. The summed E-state index contributed by atoms with van der Waals surface area (Å²) in [6.07, 6.45) is 1.30. The van der Waals surface area contributed by atoms with E-state index in [-0.39, 0.29) is 0 Å². The lowest BCUT2D eigenvalue weighted by molar-refractivity contribution is 0.475. The first-order valence-corrected chi connectivity index (χ1v) is 5.96. The predicted molar refractivity (Wildman–Crippen MR) is 59.8 cm³/mol. The van der Waals surface area contributed by atoms with Gasteiger partial charge < -0.3 is 10.4 Å². The predicted octanol–water partition coefficient (Wildman–Crippen LogP) is 2.09. The van der Waals surface area contributed by atoms with Crippen molar-refractivity contribution >= 4 is 11.8 Å². The van der Waals surface area contributed by atoms with E-state index in [1.54, 1.807) is 12.1 Å². The fourth-order valence-corrected chi connectivity index (χ4v) is 2.65. The topological polar surface area (TPSA) is 32.3 Å². The number of thioether (sulfide) groups is 1. The Bertz CT molecular complexity index is 280. The summed E-state index contributed by atoms with van der Waals surface area (Å²) in [6, 6.07) is 7.44. The Hall–Kier alpha value is -0.670. The molecule has 1 atom stereocenters. The van der Waals surface area contributed by atoms with E-state index in [1.807, 2.05) is 23.9 Å². The average Bonchev–Trinajstić information content (AvgIpc) is 2.70. The molecule has 2 nitrogen and oxygen atoms in total. The Kier molecular flexibility index (Phi) is 3.32. The first-order chi connectivity index (χ1) is 6.84. The van der Waals surface area contributed by atoms with E-state index in [9.17, 15) is 0 Å². The van der Waals surface area contributed by atoms with Gasteiger partial charge in [-0.1, -0.05) is 0 Å². The first kappa shape index (κ1) is 9.87. The molecule has 2 N–H and O–H groups in total. The average molecular weight is 209 g/mol. The van der Waals surface area contributed by atoms with Crippen molar-refractivity contribution < 1.29 is 5.11 Å². The van der Waals surface area contributed by atoms with Crippen molar-refractivity contribution in [2.24, 2.45) is 5.92 Å². The summed E-state index contributed by atoms with van der Waals surface area (Å²) in [6.45, 7) is 2.33. The second-order valence-electron chi connectivity index (χ2n) is 3.66. The van der Waals surface area contributed by atoms with Gasteiger partial charge in [-0.3, -0.25) is 0 Å². The van der Waals surface area contributed by atoms with Crippen LogP contribution < -0.4 is 5.32 Å². The monoisotopic (exact) mass is 209 g/mol. The highest BCUT2D eigenvalue weighted by molar-refractivity contribution is 7.99. The minimum absolute atomic E-state index is 0.344. The molecule has 2 rings (SSSR count). The maximum Gasteiger partial charge on any atom is 0.115 e. The van der Waals surface area contributed by atoms with Crippen LogP contribution in [0, 0.1) is 5.92 Å². The van der Waals surface area contributed by atoms with Gasteiger partial charge in [-0.2, -0.15) is 0 Å². The van der Waals surface area contributed by atoms with Gasteiger partial charge in [0.05, 0.1) is 0 Å². The SMILES string of the molecule is Oc1ccc(SCC2CCNC2)cc1. The van der Waals surface area contributed by atoms with Crippen molar-refractivity contribution in [3.05, 3.63) is 24.3 Å². The number of phenolic OH excluding ortho intramolecular Hbond substituents is 1. The van der Waals surface area contributed by atoms with Crippen LogP contribution in [0.5, 0.6) is 5.75 Å². The molecule has 1 saturated heterocycles. The van der Waals surface area contributed by atoms with Crippen molar-refractivity contribution in [2.45, 2.75) is 11.3 Å². The lowest BCUT2D eigenvalue weighted by Gasteiger charge is -2.07. The smallest absolute Gasteiger partial charge is 0.115 e. The molecule has 1 heterocycles. The molecule has 0 spiro atoms. The maximum absolute atomic E-state index is 9.12. The van der Waals surface area contributed by atoms with E-state index in [0.29, 0.717) is 5.75 Å². The van der Waals surface area contributed by atoms with Crippen LogP contribution in [0.1, 0.15) is 6.42 Å². The van der Waals surface area contributed by atoms with Crippen LogP contribution >= 0.6 is 11.8 Å². The molecule has 0 aromatic heterocycles. The van der Waals surface area contributed by atoms with Gasteiger partial charge in [0.15, 0.2) is 0 Å². The Morgan fingerprint density at radius 2 is 2.14 bits per heavy atom. The maximum atomic E-state index is 9.12. The first-order valence-electron chi connectivity index (χ1n) is 4.97. The Morgan fingerprint density at radius 1 is 1.36 bits per heavy atom. The highest BCUT2D eigenvalue weighted by Crippen LogP contribution is 2.24. The summed E-state index contributed by atoms with van der Waals surface area (Å²) in [4.78, 5) is 1.25.